The number of carbonyl (C=O) groups excluding carboxylic acids is 3. The minimum atomic E-state index is -4.64. The van der Waals surface area contributed by atoms with Crippen LogP contribution in [0.2, 0.25) is 5.02 Å². The number of anilines is 2. The fourth-order valence-corrected chi connectivity index (χ4v) is 3.33. The summed E-state index contributed by atoms with van der Waals surface area (Å²) in [6.07, 6.45) is -4.64. The standard InChI is InChI=1S/C21H19ClF3N3O4/c1-2-27(10-18(29)26-15-6-4-3-5-14(15)21(23,24)25)19(30)11-28-16-9-13(22)7-8-17(16)32-12-20(28)31/h3-9H,2,10-12H2,1H3,(H,26,29). The number of rotatable bonds is 6. The summed E-state index contributed by atoms with van der Waals surface area (Å²) >= 11 is 5.98. The molecule has 0 bridgehead atoms. The van der Waals surface area contributed by atoms with Gasteiger partial charge in [0.25, 0.3) is 5.91 Å². The molecule has 0 saturated carbocycles. The molecule has 2 aromatic carbocycles. The van der Waals surface area contributed by atoms with Gasteiger partial charge in [-0.05, 0) is 37.3 Å². The van der Waals surface area contributed by atoms with Crippen molar-refractivity contribution in [3.63, 3.8) is 0 Å². The van der Waals surface area contributed by atoms with Gasteiger partial charge in [-0.15, -0.1) is 0 Å². The maximum Gasteiger partial charge on any atom is 0.418 e. The lowest BCUT2D eigenvalue weighted by molar-refractivity contribution is -0.137. The summed E-state index contributed by atoms with van der Waals surface area (Å²) in [7, 11) is 0. The van der Waals surface area contributed by atoms with Crippen molar-refractivity contribution in [3.05, 3.63) is 53.1 Å². The Morgan fingerprint density at radius 3 is 2.62 bits per heavy atom. The highest BCUT2D eigenvalue weighted by Crippen LogP contribution is 2.35. The second-order valence-electron chi connectivity index (χ2n) is 6.88. The Morgan fingerprint density at radius 2 is 1.94 bits per heavy atom. The number of halogens is 4. The molecular formula is C21H19ClF3N3O4. The first-order valence-corrected chi connectivity index (χ1v) is 9.94. The van der Waals surface area contributed by atoms with Crippen LogP contribution in [0.4, 0.5) is 24.5 Å². The van der Waals surface area contributed by atoms with E-state index in [0.717, 1.165) is 17.0 Å². The predicted molar refractivity (Wildman–Crippen MR) is 112 cm³/mol. The van der Waals surface area contributed by atoms with Gasteiger partial charge in [0.2, 0.25) is 11.8 Å². The number of carbonyl (C=O) groups is 3. The predicted octanol–water partition coefficient (Wildman–Crippen LogP) is 3.57. The van der Waals surface area contributed by atoms with Crippen molar-refractivity contribution in [2.45, 2.75) is 13.1 Å². The van der Waals surface area contributed by atoms with Gasteiger partial charge in [-0.2, -0.15) is 13.2 Å². The third kappa shape index (κ3) is 5.31. The highest BCUT2D eigenvalue weighted by atomic mass is 35.5. The maximum atomic E-state index is 13.1. The molecule has 0 radical (unpaired) electrons. The zero-order valence-corrected chi connectivity index (χ0v) is 17.7. The zero-order valence-electron chi connectivity index (χ0n) is 16.9. The van der Waals surface area contributed by atoms with Gasteiger partial charge in [-0.3, -0.25) is 19.3 Å². The molecule has 0 atom stereocenters. The van der Waals surface area contributed by atoms with E-state index in [-0.39, 0.29) is 19.7 Å². The molecule has 0 saturated heterocycles. The molecule has 1 heterocycles. The number of hydrogen-bond acceptors (Lipinski definition) is 4. The number of hydrogen-bond donors (Lipinski definition) is 1. The van der Waals surface area contributed by atoms with E-state index >= 15 is 0 Å². The SMILES string of the molecule is CCN(CC(=O)Nc1ccccc1C(F)(F)F)C(=O)CN1C(=O)COc2ccc(Cl)cc21. The van der Waals surface area contributed by atoms with Crippen molar-refractivity contribution >= 4 is 40.7 Å². The Hall–Kier alpha value is -3.27. The molecule has 3 rings (SSSR count). The first kappa shape index (κ1) is 23.4. The van der Waals surface area contributed by atoms with E-state index in [0.29, 0.717) is 16.5 Å². The van der Waals surface area contributed by atoms with Gasteiger partial charge in [0.05, 0.1) is 23.5 Å². The van der Waals surface area contributed by atoms with Gasteiger partial charge in [-0.25, -0.2) is 0 Å². The number of fused-ring (bicyclic) bond motifs is 1. The second-order valence-corrected chi connectivity index (χ2v) is 7.32. The second kappa shape index (κ2) is 9.47. The van der Waals surface area contributed by atoms with Crippen LogP contribution in [0.25, 0.3) is 0 Å². The molecule has 0 fully saturated rings. The van der Waals surface area contributed by atoms with Crippen LogP contribution >= 0.6 is 11.6 Å². The number of nitrogens with zero attached hydrogens (tertiary/aromatic N) is 2. The molecule has 0 spiro atoms. The van der Waals surface area contributed by atoms with Gasteiger partial charge in [0.1, 0.15) is 12.3 Å². The molecule has 3 amide bonds. The molecule has 170 valence electrons. The Balaban J connectivity index is 1.71. The summed E-state index contributed by atoms with van der Waals surface area (Å²) in [5, 5.41) is 2.54. The number of likely N-dealkylation sites (N-methyl/N-ethyl adjacent to an activating group) is 1. The third-order valence-electron chi connectivity index (χ3n) is 4.73. The molecule has 1 aliphatic rings. The normalized spacial score (nSPS) is 13.3. The van der Waals surface area contributed by atoms with Crippen molar-refractivity contribution in [1.82, 2.24) is 4.90 Å². The number of nitrogens with one attached hydrogen (secondary N) is 1. The topological polar surface area (TPSA) is 79.0 Å². The monoisotopic (exact) mass is 469 g/mol. The van der Waals surface area contributed by atoms with Crippen molar-refractivity contribution in [3.8, 4) is 5.75 Å². The lowest BCUT2D eigenvalue weighted by Crippen LogP contribution is -2.48. The van der Waals surface area contributed by atoms with Crippen LogP contribution in [0.1, 0.15) is 12.5 Å². The summed E-state index contributed by atoms with van der Waals surface area (Å²) in [6, 6.07) is 9.20. The van der Waals surface area contributed by atoms with E-state index in [1.165, 1.54) is 23.1 Å². The van der Waals surface area contributed by atoms with E-state index in [1.807, 2.05) is 0 Å². The number of alkyl halides is 3. The minimum absolute atomic E-state index is 0.105. The lowest BCUT2D eigenvalue weighted by Gasteiger charge is -2.31. The molecule has 32 heavy (non-hydrogen) atoms. The van der Waals surface area contributed by atoms with Crippen LogP contribution in [0.3, 0.4) is 0 Å². The summed E-state index contributed by atoms with van der Waals surface area (Å²) in [4.78, 5) is 39.8. The van der Waals surface area contributed by atoms with Crippen LogP contribution in [-0.2, 0) is 20.6 Å². The number of benzene rings is 2. The highest BCUT2D eigenvalue weighted by Gasteiger charge is 2.34. The third-order valence-corrected chi connectivity index (χ3v) is 4.97. The van der Waals surface area contributed by atoms with Crippen LogP contribution < -0.4 is 15.0 Å². The van der Waals surface area contributed by atoms with E-state index in [2.05, 4.69) is 5.32 Å². The average molecular weight is 470 g/mol. The van der Waals surface area contributed by atoms with E-state index in [1.54, 1.807) is 19.1 Å². The molecule has 11 heteroatoms. The molecule has 2 aromatic rings. The van der Waals surface area contributed by atoms with Crippen molar-refractivity contribution in [1.29, 1.82) is 0 Å². The number of ether oxygens (including phenoxy) is 1. The summed E-state index contributed by atoms with van der Waals surface area (Å²) in [6.45, 7) is 0.593. The van der Waals surface area contributed by atoms with Gasteiger partial charge in [-0.1, -0.05) is 23.7 Å². The summed E-state index contributed by atoms with van der Waals surface area (Å²) in [5.41, 5.74) is -1.07. The molecule has 0 aromatic heterocycles. The Labute approximate surface area is 186 Å². The molecule has 7 nitrogen and oxygen atoms in total. The largest absolute Gasteiger partial charge is 0.482 e. The fourth-order valence-electron chi connectivity index (χ4n) is 3.16. The average Bonchev–Trinajstić information content (AvgIpc) is 2.73. The quantitative estimate of drug-likeness (QED) is 0.701. The number of amides is 3. The first-order valence-electron chi connectivity index (χ1n) is 9.56. The Morgan fingerprint density at radius 1 is 1.22 bits per heavy atom. The molecule has 1 aliphatic heterocycles. The summed E-state index contributed by atoms with van der Waals surface area (Å²) in [5.74, 6) is -1.44. The number of para-hydroxylation sites is 1. The van der Waals surface area contributed by atoms with E-state index in [9.17, 15) is 27.6 Å². The molecule has 0 aliphatic carbocycles. The van der Waals surface area contributed by atoms with Crippen molar-refractivity contribution in [2.75, 3.05) is 36.5 Å². The highest BCUT2D eigenvalue weighted by molar-refractivity contribution is 6.31. The first-order chi connectivity index (χ1) is 15.1. The van der Waals surface area contributed by atoms with E-state index < -0.39 is 41.7 Å². The summed E-state index contributed by atoms with van der Waals surface area (Å²) < 4.78 is 44.7. The smallest absolute Gasteiger partial charge is 0.418 e. The minimum Gasteiger partial charge on any atom is -0.482 e. The maximum absolute atomic E-state index is 13.1. The zero-order chi connectivity index (χ0) is 23.5. The van der Waals surface area contributed by atoms with Crippen LogP contribution in [0.5, 0.6) is 5.75 Å². The molecule has 0 unspecified atom stereocenters. The lowest BCUT2D eigenvalue weighted by atomic mass is 10.1. The molecular weight excluding hydrogens is 451 g/mol. The molecule has 1 N–H and O–H groups in total. The van der Waals surface area contributed by atoms with Crippen LogP contribution in [0, 0.1) is 0 Å². The van der Waals surface area contributed by atoms with Crippen LogP contribution in [0.15, 0.2) is 42.5 Å². The van der Waals surface area contributed by atoms with Gasteiger partial charge in [0.15, 0.2) is 6.61 Å². The van der Waals surface area contributed by atoms with Crippen molar-refractivity contribution in [2.24, 2.45) is 0 Å². The Bertz CT molecular complexity index is 1050. The van der Waals surface area contributed by atoms with Gasteiger partial charge >= 0.3 is 6.18 Å². The van der Waals surface area contributed by atoms with E-state index in [4.69, 9.17) is 16.3 Å². The Kier molecular flexibility index (Phi) is 6.93. The van der Waals surface area contributed by atoms with Gasteiger partial charge < -0.3 is 15.0 Å². The van der Waals surface area contributed by atoms with Crippen molar-refractivity contribution < 1.29 is 32.3 Å². The fraction of sp³-hybridized carbons (Fsp3) is 0.286. The van der Waals surface area contributed by atoms with Gasteiger partial charge in [0, 0.05) is 11.6 Å². The van der Waals surface area contributed by atoms with Crippen LogP contribution in [-0.4, -0.2) is 48.9 Å².